The van der Waals surface area contributed by atoms with Gasteiger partial charge < -0.3 is 19.5 Å². The summed E-state index contributed by atoms with van der Waals surface area (Å²) in [5.41, 5.74) is 1.72. The number of ether oxygens (including phenoxy) is 2. The standard InChI is InChI=1S/C24H30ClNO3/c1-28-18-10-11-19(22(15-18)29-2)23-20-8-5-6-12-24(20,27)13-14-26(23)16-17-7-3-4-9-21(17)25/h3-4,7,9-11,15,20,23,27H,5-6,8,12-14,16H2,1-2H3/p+1/t20-,23-,24+/m1/s1. The molecular weight excluding hydrogens is 386 g/mol. The van der Waals surface area contributed by atoms with Gasteiger partial charge in [0.25, 0.3) is 0 Å². The molecule has 0 amide bonds. The van der Waals surface area contributed by atoms with Gasteiger partial charge in [0.05, 0.1) is 31.9 Å². The second-order valence-electron chi connectivity index (χ2n) is 8.47. The van der Waals surface area contributed by atoms with E-state index in [1.165, 1.54) is 11.3 Å². The smallest absolute Gasteiger partial charge is 0.131 e. The zero-order chi connectivity index (χ0) is 20.4. The lowest BCUT2D eigenvalue weighted by Gasteiger charge is -2.50. The molecule has 2 aromatic carbocycles. The van der Waals surface area contributed by atoms with Gasteiger partial charge >= 0.3 is 0 Å². The molecule has 1 saturated heterocycles. The molecule has 4 rings (SSSR count). The Morgan fingerprint density at radius 1 is 1.10 bits per heavy atom. The number of quaternary nitrogens is 1. The molecule has 2 N–H and O–H groups in total. The lowest BCUT2D eigenvalue weighted by Crippen LogP contribution is -3.13. The Labute approximate surface area is 178 Å². The molecule has 2 aliphatic rings. The third-order valence-corrected chi connectivity index (χ3v) is 7.31. The van der Waals surface area contributed by atoms with Gasteiger partial charge in [0.1, 0.15) is 24.1 Å². The highest BCUT2D eigenvalue weighted by molar-refractivity contribution is 6.31. The normalized spacial score (nSPS) is 29.2. The van der Waals surface area contributed by atoms with E-state index in [-0.39, 0.29) is 12.0 Å². The summed E-state index contributed by atoms with van der Waals surface area (Å²) < 4.78 is 11.2. The average molecular weight is 417 g/mol. The predicted molar refractivity (Wildman–Crippen MR) is 115 cm³/mol. The number of fused-ring (bicyclic) bond motifs is 1. The summed E-state index contributed by atoms with van der Waals surface area (Å²) >= 11 is 6.50. The Morgan fingerprint density at radius 2 is 1.93 bits per heavy atom. The zero-order valence-electron chi connectivity index (χ0n) is 17.3. The van der Waals surface area contributed by atoms with Crippen LogP contribution in [-0.4, -0.2) is 31.5 Å². The van der Waals surface area contributed by atoms with E-state index in [2.05, 4.69) is 12.1 Å². The Balaban J connectivity index is 1.76. The van der Waals surface area contributed by atoms with Crippen LogP contribution in [0.2, 0.25) is 5.02 Å². The van der Waals surface area contributed by atoms with Crippen molar-refractivity contribution in [1.82, 2.24) is 0 Å². The highest BCUT2D eigenvalue weighted by Crippen LogP contribution is 2.46. The molecule has 2 aromatic rings. The molecule has 1 heterocycles. The maximum atomic E-state index is 11.5. The van der Waals surface area contributed by atoms with Crippen LogP contribution < -0.4 is 14.4 Å². The number of aliphatic hydroxyl groups is 1. The van der Waals surface area contributed by atoms with Crippen molar-refractivity contribution in [1.29, 1.82) is 0 Å². The van der Waals surface area contributed by atoms with Crippen molar-refractivity contribution in [3.8, 4) is 11.5 Å². The van der Waals surface area contributed by atoms with Crippen LogP contribution in [0.4, 0.5) is 0 Å². The van der Waals surface area contributed by atoms with Crippen molar-refractivity contribution in [2.75, 3.05) is 20.8 Å². The largest absolute Gasteiger partial charge is 0.497 e. The van der Waals surface area contributed by atoms with Gasteiger partial charge in [-0.25, -0.2) is 0 Å². The van der Waals surface area contributed by atoms with Crippen molar-refractivity contribution in [2.45, 2.75) is 50.3 Å². The average Bonchev–Trinajstić information content (AvgIpc) is 2.75. The maximum Gasteiger partial charge on any atom is 0.131 e. The predicted octanol–water partition coefficient (Wildman–Crippen LogP) is 3.81. The molecule has 29 heavy (non-hydrogen) atoms. The van der Waals surface area contributed by atoms with Crippen LogP contribution >= 0.6 is 11.6 Å². The fourth-order valence-corrected chi connectivity index (χ4v) is 5.65. The number of methoxy groups -OCH3 is 2. The van der Waals surface area contributed by atoms with Gasteiger partial charge in [-0.15, -0.1) is 0 Å². The fourth-order valence-electron chi connectivity index (χ4n) is 5.45. The van der Waals surface area contributed by atoms with E-state index < -0.39 is 5.60 Å². The number of benzene rings is 2. The molecule has 0 aromatic heterocycles. The summed E-state index contributed by atoms with van der Waals surface area (Å²) in [6, 6.07) is 14.3. The molecule has 5 heteroatoms. The monoisotopic (exact) mass is 416 g/mol. The number of piperidine rings is 1. The van der Waals surface area contributed by atoms with Gasteiger partial charge in [0.2, 0.25) is 0 Å². The first-order valence-electron chi connectivity index (χ1n) is 10.6. The third kappa shape index (κ3) is 3.98. The quantitative estimate of drug-likeness (QED) is 0.778. The van der Waals surface area contributed by atoms with Crippen LogP contribution in [0.15, 0.2) is 42.5 Å². The summed E-state index contributed by atoms with van der Waals surface area (Å²) in [6.07, 6.45) is 5.06. The number of likely N-dealkylation sites (tertiary alicyclic amines) is 1. The Bertz CT molecular complexity index is 858. The van der Waals surface area contributed by atoms with E-state index in [0.717, 1.165) is 66.4 Å². The van der Waals surface area contributed by atoms with E-state index in [0.29, 0.717) is 0 Å². The molecule has 4 atom stereocenters. The molecular formula is C24H31ClNO3+. The van der Waals surface area contributed by atoms with Crippen LogP contribution in [0, 0.1) is 5.92 Å². The summed E-state index contributed by atoms with van der Waals surface area (Å²) in [5, 5.41) is 12.3. The van der Waals surface area contributed by atoms with Crippen LogP contribution in [0.3, 0.4) is 0 Å². The third-order valence-electron chi connectivity index (χ3n) is 6.94. The SMILES string of the molecule is COc1ccc([C@@H]2[C@H]3CCCC[C@]3(O)CC[NH+]2Cc2ccccc2Cl)c(OC)c1. The van der Waals surface area contributed by atoms with Gasteiger partial charge in [0, 0.05) is 29.0 Å². The van der Waals surface area contributed by atoms with Gasteiger partial charge in [-0.3, -0.25) is 0 Å². The highest BCUT2D eigenvalue weighted by Gasteiger charge is 2.52. The van der Waals surface area contributed by atoms with Gasteiger partial charge in [-0.1, -0.05) is 42.6 Å². The second-order valence-corrected chi connectivity index (χ2v) is 8.88. The number of rotatable bonds is 5. The zero-order valence-corrected chi connectivity index (χ0v) is 18.0. The topological polar surface area (TPSA) is 43.1 Å². The Morgan fingerprint density at radius 3 is 2.69 bits per heavy atom. The molecule has 0 spiro atoms. The molecule has 1 aliphatic heterocycles. The van der Waals surface area contributed by atoms with Crippen molar-refractivity contribution < 1.29 is 19.5 Å². The van der Waals surface area contributed by atoms with Crippen molar-refractivity contribution >= 4 is 11.6 Å². The van der Waals surface area contributed by atoms with Gasteiger partial charge in [-0.2, -0.15) is 0 Å². The highest BCUT2D eigenvalue weighted by atomic mass is 35.5. The maximum absolute atomic E-state index is 11.5. The van der Waals surface area contributed by atoms with Crippen LogP contribution in [0.1, 0.15) is 49.3 Å². The van der Waals surface area contributed by atoms with Crippen LogP contribution in [-0.2, 0) is 6.54 Å². The first-order valence-corrected chi connectivity index (χ1v) is 11.0. The summed E-state index contributed by atoms with van der Waals surface area (Å²) in [5.74, 6) is 1.83. The van der Waals surface area contributed by atoms with Crippen molar-refractivity contribution in [2.24, 2.45) is 5.92 Å². The molecule has 4 nitrogen and oxygen atoms in total. The van der Waals surface area contributed by atoms with Crippen molar-refractivity contribution in [3.05, 3.63) is 58.6 Å². The van der Waals surface area contributed by atoms with Gasteiger partial charge in [-0.05, 0) is 31.0 Å². The van der Waals surface area contributed by atoms with Crippen LogP contribution in [0.25, 0.3) is 0 Å². The minimum absolute atomic E-state index is 0.158. The second kappa shape index (κ2) is 8.55. The Kier molecular flexibility index (Phi) is 6.05. The molecule has 1 saturated carbocycles. The van der Waals surface area contributed by atoms with E-state index in [1.54, 1.807) is 14.2 Å². The lowest BCUT2D eigenvalue weighted by atomic mass is 9.66. The minimum Gasteiger partial charge on any atom is -0.497 e. The van der Waals surface area contributed by atoms with Gasteiger partial charge in [0.15, 0.2) is 0 Å². The molecule has 156 valence electrons. The minimum atomic E-state index is -0.585. The summed E-state index contributed by atoms with van der Waals surface area (Å²) in [6.45, 7) is 1.75. The molecule has 2 fully saturated rings. The first-order chi connectivity index (χ1) is 14.1. The van der Waals surface area contributed by atoms with E-state index >= 15 is 0 Å². The Hall–Kier alpha value is -1.75. The van der Waals surface area contributed by atoms with E-state index in [1.807, 2.05) is 30.3 Å². The van der Waals surface area contributed by atoms with E-state index in [4.69, 9.17) is 21.1 Å². The fraction of sp³-hybridized carbons (Fsp3) is 0.500. The number of hydrogen-bond donors (Lipinski definition) is 2. The molecule has 0 bridgehead atoms. The van der Waals surface area contributed by atoms with Crippen molar-refractivity contribution in [3.63, 3.8) is 0 Å². The van der Waals surface area contributed by atoms with E-state index in [9.17, 15) is 5.11 Å². The first kappa shape index (κ1) is 20.5. The molecule has 1 aliphatic carbocycles. The molecule has 1 unspecified atom stereocenters. The molecule has 0 radical (unpaired) electrons. The lowest BCUT2D eigenvalue weighted by molar-refractivity contribution is -0.958. The van der Waals surface area contributed by atoms with Crippen LogP contribution in [0.5, 0.6) is 11.5 Å². The number of halogens is 1. The number of nitrogens with one attached hydrogen (secondary N) is 1. The summed E-state index contributed by atoms with van der Waals surface area (Å²) in [7, 11) is 3.38. The summed E-state index contributed by atoms with van der Waals surface area (Å²) in [4.78, 5) is 1.44. The number of hydrogen-bond acceptors (Lipinski definition) is 3.